The van der Waals surface area contributed by atoms with E-state index >= 15 is 0 Å². The van der Waals surface area contributed by atoms with Crippen molar-refractivity contribution in [1.29, 1.82) is 0 Å². The molecule has 0 spiro atoms. The Morgan fingerprint density at radius 1 is 1.00 bits per heavy atom. The van der Waals surface area contributed by atoms with Crippen LogP contribution in [0.5, 0.6) is 0 Å². The van der Waals surface area contributed by atoms with Crippen LogP contribution in [0.4, 0.5) is 4.79 Å². The number of carbonyl (C=O) groups is 3. The molecule has 1 aliphatic rings. The Hall–Kier alpha value is -3.39. The third-order valence-corrected chi connectivity index (χ3v) is 5.57. The highest BCUT2D eigenvalue weighted by atomic mass is 16.5. The van der Waals surface area contributed by atoms with E-state index in [4.69, 9.17) is 14.6 Å². The first kappa shape index (κ1) is 24.3. The summed E-state index contributed by atoms with van der Waals surface area (Å²) >= 11 is 0. The van der Waals surface area contributed by atoms with E-state index in [0.29, 0.717) is 0 Å². The molecule has 33 heavy (non-hydrogen) atoms. The van der Waals surface area contributed by atoms with Crippen LogP contribution in [-0.2, 0) is 19.1 Å². The number of aliphatic carboxylic acids is 1. The van der Waals surface area contributed by atoms with Gasteiger partial charge in [-0.2, -0.15) is 0 Å². The van der Waals surface area contributed by atoms with Crippen molar-refractivity contribution in [1.82, 2.24) is 10.2 Å². The standard InChI is InChI=1S/C25H30N2O6/c1-17(2)27(15-24(29)30)23(28)11-13-32-14-12-26-25(31)33-16-22-20-9-5-3-7-18(20)19-8-4-6-10-21(19)22/h3-10,17,22H,11-16H2,1-2H3,(H,26,31)(H,29,30). The summed E-state index contributed by atoms with van der Waals surface area (Å²) in [5, 5.41) is 11.6. The van der Waals surface area contributed by atoms with E-state index < -0.39 is 12.1 Å². The average molecular weight is 455 g/mol. The Balaban J connectivity index is 1.36. The first-order chi connectivity index (χ1) is 15.9. The minimum atomic E-state index is -1.05. The van der Waals surface area contributed by atoms with Crippen LogP contribution in [0.2, 0.25) is 0 Å². The molecule has 0 bridgehead atoms. The first-order valence-electron chi connectivity index (χ1n) is 11.1. The van der Waals surface area contributed by atoms with Crippen LogP contribution in [0, 0.1) is 0 Å². The zero-order chi connectivity index (χ0) is 23.8. The predicted octanol–water partition coefficient (Wildman–Crippen LogP) is 3.25. The molecule has 0 atom stereocenters. The molecule has 2 aromatic rings. The zero-order valence-electron chi connectivity index (χ0n) is 19.0. The van der Waals surface area contributed by atoms with Crippen LogP contribution in [0.1, 0.15) is 37.3 Å². The van der Waals surface area contributed by atoms with E-state index in [1.54, 1.807) is 13.8 Å². The van der Waals surface area contributed by atoms with Gasteiger partial charge in [-0.25, -0.2) is 4.79 Å². The van der Waals surface area contributed by atoms with Gasteiger partial charge < -0.3 is 24.8 Å². The second-order valence-electron chi connectivity index (χ2n) is 8.12. The number of alkyl carbamates (subject to hydrolysis) is 1. The molecular weight excluding hydrogens is 424 g/mol. The van der Waals surface area contributed by atoms with Gasteiger partial charge in [0.1, 0.15) is 13.2 Å². The van der Waals surface area contributed by atoms with Gasteiger partial charge in [0, 0.05) is 18.5 Å². The summed E-state index contributed by atoms with van der Waals surface area (Å²) in [6, 6.07) is 16.1. The molecule has 0 heterocycles. The summed E-state index contributed by atoms with van der Waals surface area (Å²) in [7, 11) is 0. The van der Waals surface area contributed by atoms with Crippen LogP contribution in [0.15, 0.2) is 48.5 Å². The Kier molecular flexibility index (Phi) is 8.43. The van der Waals surface area contributed by atoms with Gasteiger partial charge in [-0.3, -0.25) is 9.59 Å². The highest BCUT2D eigenvalue weighted by Gasteiger charge is 2.29. The molecular formula is C25H30N2O6. The summed E-state index contributed by atoms with van der Waals surface area (Å²) in [4.78, 5) is 36.4. The van der Waals surface area contributed by atoms with Crippen LogP contribution in [-0.4, -0.2) is 66.9 Å². The Labute approximate surface area is 193 Å². The Morgan fingerprint density at radius 3 is 2.18 bits per heavy atom. The quantitative estimate of drug-likeness (QED) is 0.505. The Morgan fingerprint density at radius 2 is 1.61 bits per heavy atom. The molecule has 2 amide bonds. The lowest BCUT2D eigenvalue weighted by Gasteiger charge is -2.24. The van der Waals surface area contributed by atoms with E-state index in [2.05, 4.69) is 29.6 Å². The molecule has 1 aliphatic carbocycles. The number of hydrogen-bond acceptors (Lipinski definition) is 5. The fraction of sp³-hybridized carbons (Fsp3) is 0.400. The lowest BCUT2D eigenvalue weighted by molar-refractivity contribution is -0.146. The number of fused-ring (bicyclic) bond motifs is 3. The van der Waals surface area contributed by atoms with Crippen molar-refractivity contribution < 1.29 is 29.0 Å². The van der Waals surface area contributed by atoms with E-state index in [-0.39, 0.29) is 57.2 Å². The van der Waals surface area contributed by atoms with Gasteiger partial charge in [0.25, 0.3) is 0 Å². The highest BCUT2D eigenvalue weighted by Crippen LogP contribution is 2.44. The molecule has 2 aromatic carbocycles. The molecule has 0 saturated carbocycles. The number of rotatable bonds is 11. The van der Waals surface area contributed by atoms with Crippen molar-refractivity contribution in [2.45, 2.75) is 32.2 Å². The van der Waals surface area contributed by atoms with Crippen LogP contribution in [0.25, 0.3) is 11.1 Å². The molecule has 0 radical (unpaired) electrons. The topological polar surface area (TPSA) is 105 Å². The maximum absolute atomic E-state index is 12.1. The van der Waals surface area contributed by atoms with Gasteiger partial charge in [0.2, 0.25) is 5.91 Å². The molecule has 0 saturated heterocycles. The average Bonchev–Trinajstić information content (AvgIpc) is 3.11. The first-order valence-corrected chi connectivity index (χ1v) is 11.1. The number of nitrogens with one attached hydrogen (secondary N) is 1. The SMILES string of the molecule is CC(C)N(CC(=O)O)C(=O)CCOCCNC(=O)OCC1c2ccccc2-c2ccccc21. The number of carbonyl (C=O) groups excluding carboxylic acids is 2. The molecule has 0 aromatic heterocycles. The number of benzene rings is 2. The highest BCUT2D eigenvalue weighted by molar-refractivity contribution is 5.81. The molecule has 176 valence electrons. The zero-order valence-corrected chi connectivity index (χ0v) is 19.0. The van der Waals surface area contributed by atoms with E-state index in [1.807, 2.05) is 24.3 Å². The normalized spacial score (nSPS) is 12.2. The summed E-state index contributed by atoms with van der Waals surface area (Å²) in [6.07, 6.45) is -0.444. The third-order valence-electron chi connectivity index (χ3n) is 5.57. The van der Waals surface area contributed by atoms with Gasteiger partial charge >= 0.3 is 12.1 Å². The summed E-state index contributed by atoms with van der Waals surface area (Å²) in [5.74, 6) is -1.33. The summed E-state index contributed by atoms with van der Waals surface area (Å²) < 4.78 is 10.9. The van der Waals surface area contributed by atoms with E-state index in [1.165, 1.54) is 16.0 Å². The van der Waals surface area contributed by atoms with Crippen molar-refractivity contribution in [2.75, 3.05) is 32.9 Å². The molecule has 0 unspecified atom stereocenters. The van der Waals surface area contributed by atoms with Crippen molar-refractivity contribution in [3.63, 3.8) is 0 Å². The third kappa shape index (κ3) is 6.32. The maximum atomic E-state index is 12.1. The Bertz CT molecular complexity index is 945. The lowest BCUT2D eigenvalue weighted by Crippen LogP contribution is -2.41. The van der Waals surface area contributed by atoms with Gasteiger partial charge in [0.15, 0.2) is 0 Å². The van der Waals surface area contributed by atoms with Crippen LogP contribution in [0.3, 0.4) is 0 Å². The summed E-state index contributed by atoms with van der Waals surface area (Å²) in [5.41, 5.74) is 4.64. The number of carboxylic acids is 1. The van der Waals surface area contributed by atoms with Crippen molar-refractivity contribution >= 4 is 18.0 Å². The minimum absolute atomic E-state index is 0.000109. The van der Waals surface area contributed by atoms with Crippen molar-refractivity contribution in [2.24, 2.45) is 0 Å². The van der Waals surface area contributed by atoms with Gasteiger partial charge in [-0.1, -0.05) is 48.5 Å². The number of ether oxygens (including phenoxy) is 2. The molecule has 0 aliphatic heterocycles. The fourth-order valence-electron chi connectivity index (χ4n) is 3.98. The molecule has 3 rings (SSSR count). The number of amides is 2. The van der Waals surface area contributed by atoms with E-state index in [9.17, 15) is 14.4 Å². The maximum Gasteiger partial charge on any atom is 0.407 e. The van der Waals surface area contributed by atoms with Crippen LogP contribution < -0.4 is 5.32 Å². The number of nitrogens with zero attached hydrogens (tertiary/aromatic N) is 1. The summed E-state index contributed by atoms with van der Waals surface area (Å²) in [6.45, 7) is 4.05. The van der Waals surface area contributed by atoms with Crippen molar-refractivity contribution in [3.05, 3.63) is 59.7 Å². The van der Waals surface area contributed by atoms with Gasteiger partial charge in [-0.05, 0) is 36.1 Å². The van der Waals surface area contributed by atoms with E-state index in [0.717, 1.165) is 11.1 Å². The molecule has 8 nitrogen and oxygen atoms in total. The number of carboxylic acid groups (broad SMARTS) is 1. The predicted molar refractivity (Wildman–Crippen MR) is 123 cm³/mol. The van der Waals surface area contributed by atoms with Gasteiger partial charge in [-0.15, -0.1) is 0 Å². The molecule has 2 N–H and O–H groups in total. The molecule has 8 heteroatoms. The minimum Gasteiger partial charge on any atom is -0.480 e. The van der Waals surface area contributed by atoms with Crippen LogP contribution >= 0.6 is 0 Å². The fourth-order valence-corrected chi connectivity index (χ4v) is 3.98. The lowest BCUT2D eigenvalue weighted by atomic mass is 9.98. The largest absolute Gasteiger partial charge is 0.480 e. The molecule has 0 fully saturated rings. The monoisotopic (exact) mass is 454 g/mol. The second-order valence-corrected chi connectivity index (χ2v) is 8.12. The van der Waals surface area contributed by atoms with Crippen molar-refractivity contribution in [3.8, 4) is 11.1 Å². The number of hydrogen-bond donors (Lipinski definition) is 2. The van der Waals surface area contributed by atoms with Gasteiger partial charge in [0.05, 0.1) is 19.6 Å². The second kappa shape index (κ2) is 11.5. The smallest absolute Gasteiger partial charge is 0.407 e.